The number of nitrogens with zero attached hydrogens (tertiary/aromatic N) is 2. The molecule has 2 aliphatic heterocycles. The molecule has 1 saturated carbocycles. The Kier molecular flexibility index (Phi) is 6.58. The minimum absolute atomic E-state index is 0.0500. The number of amides is 1. The molecule has 0 N–H and O–H groups in total. The molecule has 1 aromatic rings. The van der Waals surface area contributed by atoms with Crippen LogP contribution in [0, 0.1) is 5.92 Å². The Hall–Kier alpha value is -1.34. The maximum Gasteiger partial charge on any atom is 0.248 e. The van der Waals surface area contributed by atoms with Gasteiger partial charge in [-0.3, -0.25) is 4.79 Å². The highest BCUT2D eigenvalue weighted by molar-refractivity contribution is 8.16. The third kappa shape index (κ3) is 4.47. The number of fused-ring (bicyclic) bond motifs is 1. The summed E-state index contributed by atoms with van der Waals surface area (Å²) >= 11 is 1.49. The van der Waals surface area contributed by atoms with Gasteiger partial charge < -0.3 is 4.90 Å². The Morgan fingerprint density at radius 3 is 2.43 bits per heavy atom. The van der Waals surface area contributed by atoms with E-state index in [4.69, 9.17) is 0 Å². The number of amidine groups is 1. The molecule has 2 heterocycles. The van der Waals surface area contributed by atoms with Crippen molar-refractivity contribution in [3.63, 3.8) is 0 Å². The van der Waals surface area contributed by atoms with Crippen LogP contribution in [0.4, 0.5) is 5.69 Å². The maximum absolute atomic E-state index is 12.7. The molecule has 0 aromatic heterocycles. The highest BCUT2D eigenvalue weighted by Gasteiger charge is 2.50. The number of aryl methyl sites for hydroxylation is 2. The SMILES string of the molecule is CCc1cccc(CC)c1N1C(=NC(=O)CCC2CCCC2)SC2CS(=O)(=O)CC21. The van der Waals surface area contributed by atoms with Gasteiger partial charge in [0.25, 0.3) is 0 Å². The van der Waals surface area contributed by atoms with Crippen LogP contribution in [0.5, 0.6) is 0 Å². The number of rotatable bonds is 6. The molecule has 5 nitrogen and oxygen atoms in total. The van der Waals surface area contributed by atoms with Crippen molar-refractivity contribution in [2.24, 2.45) is 10.9 Å². The summed E-state index contributed by atoms with van der Waals surface area (Å²) in [6.45, 7) is 4.24. The van der Waals surface area contributed by atoms with E-state index in [0.717, 1.165) is 24.9 Å². The van der Waals surface area contributed by atoms with E-state index in [1.807, 2.05) is 0 Å². The van der Waals surface area contributed by atoms with Gasteiger partial charge in [0, 0.05) is 17.4 Å². The average Bonchev–Trinajstić information content (AvgIpc) is 3.40. The summed E-state index contributed by atoms with van der Waals surface area (Å²) in [4.78, 5) is 19.4. The molecule has 0 bridgehead atoms. The van der Waals surface area contributed by atoms with Crippen LogP contribution >= 0.6 is 11.8 Å². The van der Waals surface area contributed by atoms with Gasteiger partial charge in [0.15, 0.2) is 15.0 Å². The number of para-hydroxylation sites is 1. The topological polar surface area (TPSA) is 66.8 Å². The van der Waals surface area contributed by atoms with Crippen LogP contribution < -0.4 is 4.90 Å². The standard InChI is InChI=1S/C23H32N2O3S2/c1-3-17-10-7-11-18(4-2)22(17)25-19-14-30(27,28)15-20(19)29-23(25)24-21(26)13-12-16-8-5-6-9-16/h7,10-11,16,19-20H,3-6,8-9,12-15H2,1-2H3. The summed E-state index contributed by atoms with van der Waals surface area (Å²) < 4.78 is 24.7. The number of carbonyl (C=O) groups excluding carboxylic acids is 1. The first-order chi connectivity index (χ1) is 14.4. The number of hydrogen-bond acceptors (Lipinski definition) is 4. The molecule has 7 heteroatoms. The molecule has 4 rings (SSSR count). The summed E-state index contributed by atoms with van der Waals surface area (Å²) in [5.74, 6) is 0.910. The molecule has 1 aromatic carbocycles. The zero-order chi connectivity index (χ0) is 21.3. The van der Waals surface area contributed by atoms with Gasteiger partial charge in [0.2, 0.25) is 5.91 Å². The Morgan fingerprint density at radius 2 is 1.80 bits per heavy atom. The maximum atomic E-state index is 12.7. The van der Waals surface area contributed by atoms with Crippen LogP contribution in [-0.4, -0.2) is 42.3 Å². The molecule has 3 fully saturated rings. The largest absolute Gasteiger partial charge is 0.315 e. The van der Waals surface area contributed by atoms with Crippen molar-refractivity contribution >= 4 is 38.4 Å². The monoisotopic (exact) mass is 448 g/mol. The smallest absolute Gasteiger partial charge is 0.248 e. The van der Waals surface area contributed by atoms with E-state index in [9.17, 15) is 13.2 Å². The molecule has 2 unspecified atom stereocenters. The lowest BCUT2D eigenvalue weighted by atomic mass is 10.0. The molecule has 1 amide bonds. The predicted octanol–water partition coefficient (Wildman–Crippen LogP) is 4.38. The minimum Gasteiger partial charge on any atom is -0.315 e. The average molecular weight is 449 g/mol. The van der Waals surface area contributed by atoms with Crippen molar-refractivity contribution in [1.29, 1.82) is 0 Å². The number of sulfone groups is 1. The number of aliphatic imine (C=N–C) groups is 1. The van der Waals surface area contributed by atoms with Crippen LogP contribution in [0.3, 0.4) is 0 Å². The Balaban J connectivity index is 1.65. The summed E-state index contributed by atoms with van der Waals surface area (Å²) in [5.41, 5.74) is 3.44. The van der Waals surface area contributed by atoms with Crippen LogP contribution in [0.15, 0.2) is 23.2 Å². The Bertz CT molecular complexity index is 914. The van der Waals surface area contributed by atoms with E-state index in [1.165, 1.54) is 48.6 Å². The minimum atomic E-state index is -3.06. The van der Waals surface area contributed by atoms with E-state index in [0.29, 0.717) is 17.5 Å². The van der Waals surface area contributed by atoms with Crippen molar-refractivity contribution in [3.05, 3.63) is 29.3 Å². The lowest BCUT2D eigenvalue weighted by Crippen LogP contribution is -2.39. The number of carbonyl (C=O) groups is 1. The summed E-state index contributed by atoms with van der Waals surface area (Å²) in [6, 6.07) is 6.14. The van der Waals surface area contributed by atoms with Crippen molar-refractivity contribution < 1.29 is 13.2 Å². The van der Waals surface area contributed by atoms with Gasteiger partial charge in [-0.15, -0.1) is 0 Å². The molecule has 2 atom stereocenters. The Labute approximate surface area is 184 Å². The zero-order valence-electron chi connectivity index (χ0n) is 18.0. The first-order valence-electron chi connectivity index (χ1n) is 11.3. The number of thioether (sulfide) groups is 1. The van der Waals surface area contributed by atoms with Crippen molar-refractivity contribution in [2.45, 2.75) is 76.5 Å². The first-order valence-corrected chi connectivity index (χ1v) is 14.0. The van der Waals surface area contributed by atoms with Gasteiger partial charge in [-0.2, -0.15) is 4.99 Å². The lowest BCUT2D eigenvalue weighted by molar-refractivity contribution is -0.118. The van der Waals surface area contributed by atoms with Crippen LogP contribution in [0.2, 0.25) is 0 Å². The second kappa shape index (κ2) is 9.03. The molecular formula is C23H32N2O3S2. The lowest BCUT2D eigenvalue weighted by Gasteiger charge is -2.29. The van der Waals surface area contributed by atoms with Crippen molar-refractivity contribution in [2.75, 3.05) is 16.4 Å². The van der Waals surface area contributed by atoms with Gasteiger partial charge in [-0.1, -0.05) is 69.5 Å². The van der Waals surface area contributed by atoms with Crippen molar-refractivity contribution in [1.82, 2.24) is 0 Å². The summed E-state index contributed by atoms with van der Waals surface area (Å²) in [5, 5.41) is 0.651. The highest BCUT2D eigenvalue weighted by atomic mass is 32.2. The molecule has 164 valence electrons. The van der Waals surface area contributed by atoms with E-state index in [2.05, 4.69) is 41.9 Å². The fourth-order valence-corrected chi connectivity index (χ4v) is 9.06. The van der Waals surface area contributed by atoms with Crippen LogP contribution in [-0.2, 0) is 27.5 Å². The first kappa shape index (κ1) is 21.9. The Morgan fingerprint density at radius 1 is 1.13 bits per heavy atom. The summed E-state index contributed by atoms with van der Waals surface area (Å²) in [6.07, 6.45) is 8.16. The van der Waals surface area contributed by atoms with Crippen LogP contribution in [0.25, 0.3) is 0 Å². The van der Waals surface area contributed by atoms with E-state index in [1.54, 1.807) is 0 Å². The van der Waals surface area contributed by atoms with Gasteiger partial charge in [-0.05, 0) is 36.3 Å². The number of hydrogen-bond donors (Lipinski definition) is 0. The van der Waals surface area contributed by atoms with E-state index < -0.39 is 9.84 Å². The molecule has 0 radical (unpaired) electrons. The van der Waals surface area contributed by atoms with E-state index >= 15 is 0 Å². The fraction of sp³-hybridized carbons (Fsp3) is 0.652. The molecule has 0 spiro atoms. The third-order valence-corrected chi connectivity index (χ3v) is 9.94. The fourth-order valence-electron chi connectivity index (χ4n) is 5.14. The van der Waals surface area contributed by atoms with Gasteiger partial charge in [-0.25, -0.2) is 8.42 Å². The van der Waals surface area contributed by atoms with Crippen LogP contribution in [0.1, 0.15) is 63.5 Å². The molecule has 2 saturated heterocycles. The quantitative estimate of drug-likeness (QED) is 0.646. The molecule has 30 heavy (non-hydrogen) atoms. The third-order valence-electron chi connectivity index (χ3n) is 6.73. The molecule has 3 aliphatic rings. The highest BCUT2D eigenvalue weighted by Crippen LogP contribution is 2.43. The summed E-state index contributed by atoms with van der Waals surface area (Å²) in [7, 11) is -3.06. The normalized spacial score (nSPS) is 27.1. The van der Waals surface area contributed by atoms with Crippen molar-refractivity contribution in [3.8, 4) is 0 Å². The van der Waals surface area contributed by atoms with Gasteiger partial charge in [0.05, 0.1) is 17.5 Å². The number of benzene rings is 1. The van der Waals surface area contributed by atoms with Gasteiger partial charge in [0.1, 0.15) is 0 Å². The second-order valence-corrected chi connectivity index (χ2v) is 12.1. The molecular weight excluding hydrogens is 416 g/mol. The second-order valence-electron chi connectivity index (χ2n) is 8.78. The van der Waals surface area contributed by atoms with Gasteiger partial charge >= 0.3 is 0 Å². The number of anilines is 1. The molecule has 1 aliphatic carbocycles. The predicted molar refractivity (Wildman–Crippen MR) is 125 cm³/mol. The zero-order valence-corrected chi connectivity index (χ0v) is 19.6. The van der Waals surface area contributed by atoms with E-state index in [-0.39, 0.29) is 28.7 Å².